The van der Waals surface area contributed by atoms with Gasteiger partial charge in [0, 0.05) is 0 Å². The molecule has 0 aliphatic rings. The van der Waals surface area contributed by atoms with E-state index >= 15 is 0 Å². The summed E-state index contributed by atoms with van der Waals surface area (Å²) in [5, 5.41) is 9.00. The molecule has 0 saturated carbocycles. The predicted octanol–water partition coefficient (Wildman–Crippen LogP) is 8.24. The van der Waals surface area contributed by atoms with E-state index in [-0.39, 0.29) is 12.4 Å². The number of carbonyl (C=O) groups is 2. The van der Waals surface area contributed by atoms with E-state index in [0.29, 0.717) is 13.0 Å². The van der Waals surface area contributed by atoms with Gasteiger partial charge >= 0.3 is 11.9 Å². The Morgan fingerprint density at radius 2 is 1.19 bits per heavy atom. The number of rotatable bonds is 23. The second kappa shape index (κ2) is 23.3. The number of carboxylic acids is 1. The number of carbonyl (C=O) groups excluding carboxylic acids is 1. The van der Waals surface area contributed by atoms with E-state index in [9.17, 15) is 9.59 Å². The lowest BCUT2D eigenvalue weighted by Gasteiger charge is -2.13. The van der Waals surface area contributed by atoms with Crippen LogP contribution in [0.2, 0.25) is 0 Å². The first-order chi connectivity index (χ1) is 15.1. The fourth-order valence-corrected chi connectivity index (χ4v) is 3.83. The SMILES string of the molecule is CCCCCCCCC/C=C/CCCCCCCCCC(CC(=O)O)C(=O)OCCC. The molecule has 0 aromatic carbocycles. The van der Waals surface area contributed by atoms with Crippen molar-refractivity contribution in [3.8, 4) is 0 Å². The second-order valence-corrected chi connectivity index (χ2v) is 8.90. The van der Waals surface area contributed by atoms with Crippen LogP contribution in [0.5, 0.6) is 0 Å². The molecule has 0 saturated heterocycles. The lowest BCUT2D eigenvalue weighted by molar-refractivity contribution is -0.153. The summed E-state index contributed by atoms with van der Waals surface area (Å²) in [6.45, 7) is 4.58. The topological polar surface area (TPSA) is 63.6 Å². The van der Waals surface area contributed by atoms with E-state index in [1.807, 2.05) is 6.92 Å². The normalized spacial score (nSPS) is 12.3. The first kappa shape index (κ1) is 29.7. The molecule has 4 heteroatoms. The molecule has 0 radical (unpaired) electrons. The number of hydrogen-bond acceptors (Lipinski definition) is 3. The largest absolute Gasteiger partial charge is 0.481 e. The van der Waals surface area contributed by atoms with Crippen LogP contribution in [0.4, 0.5) is 0 Å². The summed E-state index contributed by atoms with van der Waals surface area (Å²) in [5.74, 6) is -1.75. The standard InChI is InChI=1S/C27H50O4/c1-3-5-6-7-8-9-10-11-12-13-14-15-16-17-18-19-20-21-22-25(24-26(28)29)27(30)31-23-4-2/h12-13,25H,3-11,14-24H2,1-2H3,(H,28,29)/b13-12+. The summed E-state index contributed by atoms with van der Waals surface area (Å²) in [6.07, 6.45) is 26.3. The molecule has 0 bridgehead atoms. The average molecular weight is 439 g/mol. The molecule has 0 amide bonds. The minimum atomic E-state index is -0.921. The number of ether oxygens (including phenoxy) is 1. The molecule has 0 aliphatic heterocycles. The first-order valence-electron chi connectivity index (χ1n) is 13.1. The summed E-state index contributed by atoms with van der Waals surface area (Å²) in [4.78, 5) is 22.9. The fraction of sp³-hybridized carbons (Fsp3) is 0.852. The van der Waals surface area contributed by atoms with Gasteiger partial charge in [-0.1, -0.05) is 103 Å². The van der Waals surface area contributed by atoms with E-state index in [1.54, 1.807) is 0 Å². The zero-order chi connectivity index (χ0) is 23.0. The number of esters is 1. The monoisotopic (exact) mass is 438 g/mol. The second-order valence-electron chi connectivity index (χ2n) is 8.90. The van der Waals surface area contributed by atoms with Gasteiger partial charge < -0.3 is 9.84 Å². The molecule has 0 aliphatic carbocycles. The molecule has 0 spiro atoms. The van der Waals surface area contributed by atoms with Crippen molar-refractivity contribution < 1.29 is 19.4 Å². The summed E-state index contributed by atoms with van der Waals surface area (Å²) in [5.41, 5.74) is 0. The Labute approximate surface area is 192 Å². The summed E-state index contributed by atoms with van der Waals surface area (Å²) in [7, 11) is 0. The zero-order valence-electron chi connectivity index (χ0n) is 20.5. The maximum Gasteiger partial charge on any atom is 0.309 e. The molecule has 4 nitrogen and oxygen atoms in total. The smallest absolute Gasteiger partial charge is 0.309 e. The van der Waals surface area contributed by atoms with Crippen molar-refractivity contribution in [3.63, 3.8) is 0 Å². The molecule has 1 atom stereocenters. The number of aliphatic carboxylic acids is 1. The predicted molar refractivity (Wildman–Crippen MR) is 130 cm³/mol. The van der Waals surface area contributed by atoms with Gasteiger partial charge in [-0.2, -0.15) is 0 Å². The highest BCUT2D eigenvalue weighted by atomic mass is 16.5. The average Bonchev–Trinajstić information content (AvgIpc) is 2.75. The number of allylic oxidation sites excluding steroid dienone is 2. The van der Waals surface area contributed by atoms with Crippen LogP contribution >= 0.6 is 0 Å². The Kier molecular flexibility index (Phi) is 22.4. The molecule has 0 rings (SSSR count). The fourth-order valence-electron chi connectivity index (χ4n) is 3.83. The van der Waals surface area contributed by atoms with E-state index in [0.717, 1.165) is 25.7 Å². The quantitative estimate of drug-likeness (QED) is 0.0991. The van der Waals surface area contributed by atoms with Crippen molar-refractivity contribution in [1.82, 2.24) is 0 Å². The molecule has 0 fully saturated rings. The minimum Gasteiger partial charge on any atom is -0.481 e. The van der Waals surface area contributed by atoms with Crippen LogP contribution in [0.3, 0.4) is 0 Å². The van der Waals surface area contributed by atoms with Gasteiger partial charge in [0.1, 0.15) is 0 Å². The maximum atomic E-state index is 12.0. The Morgan fingerprint density at radius 3 is 1.68 bits per heavy atom. The van der Waals surface area contributed by atoms with Crippen LogP contribution in [0, 0.1) is 5.92 Å². The minimum absolute atomic E-state index is 0.116. The molecule has 1 N–H and O–H groups in total. The van der Waals surface area contributed by atoms with Gasteiger partial charge in [0.15, 0.2) is 0 Å². The lowest BCUT2D eigenvalue weighted by atomic mass is 9.97. The van der Waals surface area contributed by atoms with Gasteiger partial charge in [0.2, 0.25) is 0 Å². The van der Waals surface area contributed by atoms with E-state index in [4.69, 9.17) is 9.84 Å². The summed E-state index contributed by atoms with van der Waals surface area (Å²) in [6, 6.07) is 0. The molecular weight excluding hydrogens is 388 g/mol. The van der Waals surface area contributed by atoms with Crippen LogP contribution < -0.4 is 0 Å². The van der Waals surface area contributed by atoms with E-state index in [1.165, 1.54) is 83.5 Å². The van der Waals surface area contributed by atoms with Crippen molar-refractivity contribution in [2.45, 2.75) is 136 Å². The highest BCUT2D eigenvalue weighted by molar-refractivity contribution is 5.79. The molecule has 0 heterocycles. The third-order valence-corrected chi connectivity index (χ3v) is 5.77. The van der Waals surface area contributed by atoms with Crippen LogP contribution in [-0.2, 0) is 14.3 Å². The first-order valence-corrected chi connectivity index (χ1v) is 13.1. The Balaban J connectivity index is 3.51. The van der Waals surface area contributed by atoms with Crippen molar-refractivity contribution in [1.29, 1.82) is 0 Å². The molecule has 0 aromatic heterocycles. The van der Waals surface area contributed by atoms with Crippen molar-refractivity contribution >= 4 is 11.9 Å². The van der Waals surface area contributed by atoms with Gasteiger partial charge in [0.25, 0.3) is 0 Å². The zero-order valence-corrected chi connectivity index (χ0v) is 20.5. The molecular formula is C27H50O4. The molecule has 1 unspecified atom stereocenters. The van der Waals surface area contributed by atoms with Crippen LogP contribution in [0.1, 0.15) is 136 Å². The number of hydrogen-bond donors (Lipinski definition) is 1. The highest BCUT2D eigenvalue weighted by Crippen LogP contribution is 2.18. The van der Waals surface area contributed by atoms with Gasteiger partial charge in [-0.15, -0.1) is 0 Å². The third kappa shape index (κ3) is 21.7. The summed E-state index contributed by atoms with van der Waals surface area (Å²) >= 11 is 0. The Hall–Kier alpha value is -1.32. The van der Waals surface area contributed by atoms with Crippen LogP contribution in [-0.4, -0.2) is 23.7 Å². The molecule has 182 valence electrons. The van der Waals surface area contributed by atoms with Gasteiger partial charge in [-0.05, 0) is 38.5 Å². The van der Waals surface area contributed by atoms with Crippen molar-refractivity contribution in [2.75, 3.05) is 6.61 Å². The molecule has 0 aromatic rings. The van der Waals surface area contributed by atoms with E-state index in [2.05, 4.69) is 19.1 Å². The number of unbranched alkanes of at least 4 members (excludes halogenated alkanes) is 14. The summed E-state index contributed by atoms with van der Waals surface area (Å²) < 4.78 is 5.13. The third-order valence-electron chi connectivity index (χ3n) is 5.77. The number of carboxylic acid groups (broad SMARTS) is 1. The Bertz CT molecular complexity index is 445. The Morgan fingerprint density at radius 1 is 0.710 bits per heavy atom. The van der Waals surface area contributed by atoms with Gasteiger partial charge in [-0.3, -0.25) is 9.59 Å². The van der Waals surface area contributed by atoms with Crippen molar-refractivity contribution in [2.24, 2.45) is 5.92 Å². The van der Waals surface area contributed by atoms with Gasteiger partial charge in [0.05, 0.1) is 18.9 Å². The lowest BCUT2D eigenvalue weighted by Crippen LogP contribution is -2.21. The van der Waals surface area contributed by atoms with Crippen LogP contribution in [0.15, 0.2) is 12.2 Å². The van der Waals surface area contributed by atoms with Crippen molar-refractivity contribution in [3.05, 3.63) is 12.2 Å². The maximum absolute atomic E-state index is 12.0. The molecule has 31 heavy (non-hydrogen) atoms. The van der Waals surface area contributed by atoms with Crippen LogP contribution in [0.25, 0.3) is 0 Å². The van der Waals surface area contributed by atoms with Gasteiger partial charge in [-0.25, -0.2) is 0 Å². The highest BCUT2D eigenvalue weighted by Gasteiger charge is 2.22. The van der Waals surface area contributed by atoms with E-state index < -0.39 is 11.9 Å².